The maximum absolute atomic E-state index is 11.6. The molecule has 0 aliphatic rings. The number of benzene rings is 2. The summed E-state index contributed by atoms with van der Waals surface area (Å²) in [4.78, 5) is 16.1. The summed E-state index contributed by atoms with van der Waals surface area (Å²) in [5.74, 6) is 1.53. The molecule has 0 aliphatic heterocycles. The van der Waals surface area contributed by atoms with Crippen LogP contribution in [0.25, 0.3) is 11.0 Å². The second-order valence-electron chi connectivity index (χ2n) is 6.88. The molecular weight excluding hydrogens is 404 g/mol. The molecule has 4 nitrogen and oxygen atoms in total. The third-order valence-electron chi connectivity index (χ3n) is 5.02. The van der Waals surface area contributed by atoms with Gasteiger partial charge < -0.3 is 9.30 Å². The highest BCUT2D eigenvalue weighted by atomic mass is 79.9. The summed E-state index contributed by atoms with van der Waals surface area (Å²) in [5, 5.41) is 0. The fraction of sp³-hybridized carbons (Fsp3) is 0.364. The number of aromatic nitrogens is 2. The van der Waals surface area contributed by atoms with Gasteiger partial charge in [0.1, 0.15) is 5.75 Å². The van der Waals surface area contributed by atoms with Crippen molar-refractivity contribution in [2.24, 2.45) is 5.92 Å². The zero-order valence-corrected chi connectivity index (χ0v) is 17.6. The number of carbonyl (C=O) groups is 1. The van der Waals surface area contributed by atoms with Crippen LogP contribution in [-0.4, -0.2) is 21.9 Å². The third-order valence-corrected chi connectivity index (χ3v) is 5.51. The minimum absolute atomic E-state index is 0.0514. The SMILES string of the molecule is CCC(CC)COc1ccc(Br)cc1Cn1cnc2cc(C(C)=O)ccc21. The van der Waals surface area contributed by atoms with Crippen molar-refractivity contribution in [3.8, 4) is 5.75 Å². The largest absolute Gasteiger partial charge is 0.493 e. The lowest BCUT2D eigenvalue weighted by molar-refractivity contribution is 0.101. The van der Waals surface area contributed by atoms with Crippen LogP contribution >= 0.6 is 15.9 Å². The first kappa shape index (κ1) is 19.6. The zero-order chi connectivity index (χ0) is 19.4. The van der Waals surface area contributed by atoms with E-state index in [1.807, 2.05) is 36.7 Å². The quantitative estimate of drug-likeness (QED) is 0.421. The number of rotatable bonds is 8. The Morgan fingerprint density at radius 3 is 2.67 bits per heavy atom. The van der Waals surface area contributed by atoms with Crippen molar-refractivity contribution in [3.05, 3.63) is 58.3 Å². The number of imidazole rings is 1. The van der Waals surface area contributed by atoms with Crippen LogP contribution in [0.15, 0.2) is 47.2 Å². The molecule has 5 heteroatoms. The van der Waals surface area contributed by atoms with Crippen LogP contribution in [-0.2, 0) is 6.54 Å². The van der Waals surface area contributed by atoms with Gasteiger partial charge in [-0.3, -0.25) is 4.79 Å². The first-order valence-corrected chi connectivity index (χ1v) is 10.2. The smallest absolute Gasteiger partial charge is 0.159 e. The van der Waals surface area contributed by atoms with Crippen molar-refractivity contribution < 1.29 is 9.53 Å². The van der Waals surface area contributed by atoms with Gasteiger partial charge >= 0.3 is 0 Å². The second kappa shape index (κ2) is 8.70. The lowest BCUT2D eigenvalue weighted by Crippen LogP contribution is -2.11. The Hall–Kier alpha value is -2.14. The molecule has 2 aromatic carbocycles. The molecule has 1 aromatic heterocycles. The van der Waals surface area contributed by atoms with E-state index in [-0.39, 0.29) is 5.78 Å². The molecule has 0 saturated heterocycles. The minimum atomic E-state index is 0.0514. The number of nitrogens with zero attached hydrogens (tertiary/aromatic N) is 2. The molecule has 0 fully saturated rings. The summed E-state index contributed by atoms with van der Waals surface area (Å²) >= 11 is 3.57. The van der Waals surface area contributed by atoms with Crippen LogP contribution in [0.1, 0.15) is 49.5 Å². The zero-order valence-electron chi connectivity index (χ0n) is 16.0. The molecule has 0 unspecified atom stereocenters. The number of fused-ring (bicyclic) bond motifs is 1. The first-order valence-electron chi connectivity index (χ1n) is 9.38. The van der Waals surface area contributed by atoms with E-state index in [9.17, 15) is 4.79 Å². The maximum Gasteiger partial charge on any atom is 0.159 e. The van der Waals surface area contributed by atoms with Gasteiger partial charge in [-0.15, -0.1) is 0 Å². The number of ether oxygens (including phenoxy) is 1. The Balaban J connectivity index is 1.87. The summed E-state index contributed by atoms with van der Waals surface area (Å²) in [7, 11) is 0. The Bertz CT molecular complexity index is 945. The van der Waals surface area contributed by atoms with Gasteiger partial charge in [-0.05, 0) is 49.2 Å². The van der Waals surface area contributed by atoms with Crippen molar-refractivity contribution in [1.82, 2.24) is 9.55 Å². The molecule has 3 rings (SSSR count). The monoisotopic (exact) mass is 428 g/mol. The van der Waals surface area contributed by atoms with Crippen molar-refractivity contribution >= 4 is 32.7 Å². The molecule has 0 spiro atoms. The summed E-state index contributed by atoms with van der Waals surface area (Å²) in [6, 6.07) is 11.8. The molecule has 0 bridgehead atoms. The van der Waals surface area contributed by atoms with Crippen LogP contribution < -0.4 is 4.74 Å². The average Bonchev–Trinajstić information content (AvgIpc) is 3.06. The van der Waals surface area contributed by atoms with Crippen molar-refractivity contribution in [3.63, 3.8) is 0 Å². The van der Waals surface area contributed by atoms with Crippen LogP contribution in [0.3, 0.4) is 0 Å². The molecule has 0 amide bonds. The highest BCUT2D eigenvalue weighted by Crippen LogP contribution is 2.27. The van der Waals surface area contributed by atoms with Crippen molar-refractivity contribution in [2.45, 2.75) is 40.2 Å². The van der Waals surface area contributed by atoms with Gasteiger partial charge in [-0.1, -0.05) is 42.6 Å². The predicted molar refractivity (Wildman–Crippen MR) is 113 cm³/mol. The molecule has 0 radical (unpaired) electrons. The molecular formula is C22H25BrN2O2. The van der Waals surface area contributed by atoms with E-state index in [2.05, 4.69) is 45.4 Å². The Morgan fingerprint density at radius 1 is 1.19 bits per heavy atom. The highest BCUT2D eigenvalue weighted by molar-refractivity contribution is 9.10. The summed E-state index contributed by atoms with van der Waals surface area (Å²) in [6.07, 6.45) is 4.06. The van der Waals surface area contributed by atoms with E-state index in [0.29, 0.717) is 18.0 Å². The van der Waals surface area contributed by atoms with E-state index in [4.69, 9.17) is 4.74 Å². The molecule has 1 heterocycles. The van der Waals surface area contributed by atoms with E-state index in [1.54, 1.807) is 6.92 Å². The van der Waals surface area contributed by atoms with Gasteiger partial charge in [0.2, 0.25) is 0 Å². The maximum atomic E-state index is 11.6. The minimum Gasteiger partial charge on any atom is -0.493 e. The van der Waals surface area contributed by atoms with Crippen molar-refractivity contribution in [1.29, 1.82) is 0 Å². The molecule has 27 heavy (non-hydrogen) atoms. The fourth-order valence-electron chi connectivity index (χ4n) is 3.14. The van der Waals surface area contributed by atoms with Gasteiger partial charge in [0.05, 0.1) is 30.5 Å². The fourth-order valence-corrected chi connectivity index (χ4v) is 3.55. The van der Waals surface area contributed by atoms with Gasteiger partial charge in [-0.2, -0.15) is 0 Å². The lowest BCUT2D eigenvalue weighted by atomic mass is 10.1. The Morgan fingerprint density at radius 2 is 1.96 bits per heavy atom. The number of hydrogen-bond donors (Lipinski definition) is 0. The third kappa shape index (κ3) is 4.59. The summed E-state index contributed by atoms with van der Waals surface area (Å²) in [6.45, 7) is 7.37. The van der Waals surface area contributed by atoms with Crippen LogP contribution in [0.4, 0.5) is 0 Å². The second-order valence-corrected chi connectivity index (χ2v) is 7.79. The van der Waals surface area contributed by atoms with E-state index >= 15 is 0 Å². The van der Waals surface area contributed by atoms with Crippen LogP contribution in [0.2, 0.25) is 0 Å². The average molecular weight is 429 g/mol. The number of halogens is 1. The van der Waals surface area contributed by atoms with E-state index in [1.165, 1.54) is 0 Å². The Kier molecular flexibility index (Phi) is 6.32. The lowest BCUT2D eigenvalue weighted by Gasteiger charge is -2.17. The molecule has 0 saturated carbocycles. The first-order chi connectivity index (χ1) is 13.0. The van der Waals surface area contributed by atoms with Crippen molar-refractivity contribution in [2.75, 3.05) is 6.61 Å². The number of hydrogen-bond acceptors (Lipinski definition) is 3. The van der Waals surface area contributed by atoms with Crippen LogP contribution in [0, 0.1) is 5.92 Å². The predicted octanol–water partition coefficient (Wildman–Crippen LogP) is 5.86. The molecule has 0 aliphatic carbocycles. The molecule has 142 valence electrons. The summed E-state index contributed by atoms with van der Waals surface area (Å²) < 4.78 is 9.26. The Labute approximate surface area is 168 Å². The topological polar surface area (TPSA) is 44.1 Å². The normalized spacial score (nSPS) is 11.3. The van der Waals surface area contributed by atoms with Gasteiger partial charge in [0.15, 0.2) is 5.78 Å². The number of ketones is 1. The van der Waals surface area contributed by atoms with E-state index in [0.717, 1.165) is 46.3 Å². The standard InChI is InChI=1S/C22H25BrN2O2/c1-4-16(5-2)13-27-22-9-7-19(23)10-18(22)12-25-14-24-20-11-17(15(3)26)6-8-21(20)25/h6-11,14,16H,4-5,12-13H2,1-3H3. The van der Waals surface area contributed by atoms with Gasteiger partial charge in [0.25, 0.3) is 0 Å². The van der Waals surface area contributed by atoms with Gasteiger partial charge in [0, 0.05) is 15.6 Å². The highest BCUT2D eigenvalue weighted by Gasteiger charge is 2.12. The van der Waals surface area contributed by atoms with Crippen LogP contribution in [0.5, 0.6) is 5.75 Å². The van der Waals surface area contributed by atoms with E-state index < -0.39 is 0 Å². The summed E-state index contributed by atoms with van der Waals surface area (Å²) in [5.41, 5.74) is 3.62. The molecule has 0 N–H and O–H groups in total. The van der Waals surface area contributed by atoms with Gasteiger partial charge in [-0.25, -0.2) is 4.98 Å². The molecule has 0 atom stereocenters. The number of Topliss-reactive ketones (excluding diaryl/α,β-unsaturated/α-hetero) is 1. The molecule has 3 aromatic rings. The number of carbonyl (C=O) groups excluding carboxylic acids is 1.